The Kier molecular flexibility index (Phi) is 5.96. The maximum Gasteiger partial charge on any atom is 0.252 e. The summed E-state index contributed by atoms with van der Waals surface area (Å²) in [6.45, 7) is 6.60. The maximum atomic E-state index is 12.4. The van der Waals surface area contributed by atoms with Gasteiger partial charge in [-0.05, 0) is 44.3 Å². The molecule has 0 radical (unpaired) electrons. The van der Waals surface area contributed by atoms with Crippen molar-refractivity contribution in [3.63, 3.8) is 0 Å². The van der Waals surface area contributed by atoms with Gasteiger partial charge in [0.1, 0.15) is 5.65 Å². The quantitative estimate of drug-likeness (QED) is 0.672. The van der Waals surface area contributed by atoms with Crippen LogP contribution in [-0.4, -0.2) is 66.4 Å². The number of pyridine rings is 1. The number of anilines is 3. The Hall–Kier alpha value is -2.97. The summed E-state index contributed by atoms with van der Waals surface area (Å²) in [6, 6.07) is 11.5. The van der Waals surface area contributed by atoms with E-state index < -0.39 is 0 Å². The van der Waals surface area contributed by atoms with Gasteiger partial charge in [-0.1, -0.05) is 0 Å². The van der Waals surface area contributed by atoms with Crippen molar-refractivity contribution >= 4 is 28.4 Å². The van der Waals surface area contributed by atoms with Crippen LogP contribution in [0.1, 0.15) is 13.0 Å². The molecule has 1 aliphatic heterocycles. The largest absolute Gasteiger partial charge is 0.383 e. The van der Waals surface area contributed by atoms with Crippen molar-refractivity contribution < 1.29 is 4.74 Å². The van der Waals surface area contributed by atoms with E-state index in [0.29, 0.717) is 18.2 Å². The second-order valence-corrected chi connectivity index (χ2v) is 7.78. The SMILES string of the molecule is COCC(C)n1c(=O)ccc2cnc(Nc3ccc(N4CCN(C)CC4)cc3)nc21. The van der Waals surface area contributed by atoms with Crippen molar-refractivity contribution in [1.29, 1.82) is 0 Å². The minimum absolute atomic E-state index is 0.103. The van der Waals surface area contributed by atoms with E-state index >= 15 is 0 Å². The highest BCUT2D eigenvalue weighted by molar-refractivity contribution is 5.76. The van der Waals surface area contributed by atoms with E-state index in [1.807, 2.05) is 19.1 Å². The molecule has 1 N–H and O–H groups in total. The normalized spacial score (nSPS) is 16.0. The van der Waals surface area contributed by atoms with Gasteiger partial charge in [0, 0.05) is 62.3 Å². The summed E-state index contributed by atoms with van der Waals surface area (Å²) in [7, 11) is 3.78. The predicted octanol–water partition coefficient (Wildman–Crippen LogP) is 2.49. The highest BCUT2D eigenvalue weighted by Crippen LogP contribution is 2.22. The fourth-order valence-corrected chi connectivity index (χ4v) is 3.79. The van der Waals surface area contributed by atoms with Crippen LogP contribution in [0.15, 0.2) is 47.4 Å². The number of hydrogen-bond acceptors (Lipinski definition) is 7. The molecule has 158 valence electrons. The number of methoxy groups -OCH3 is 1. The minimum atomic E-state index is -0.128. The Bertz CT molecular complexity index is 1060. The smallest absolute Gasteiger partial charge is 0.252 e. The molecule has 1 aromatic carbocycles. The molecule has 1 fully saturated rings. The van der Waals surface area contributed by atoms with Crippen LogP contribution in [0.5, 0.6) is 0 Å². The molecule has 0 amide bonds. The molecule has 0 aliphatic carbocycles. The predicted molar refractivity (Wildman–Crippen MR) is 120 cm³/mol. The molecule has 2 aromatic heterocycles. The summed E-state index contributed by atoms with van der Waals surface area (Å²) in [5.41, 5.74) is 2.61. The van der Waals surface area contributed by atoms with Crippen LogP contribution in [0, 0.1) is 0 Å². The summed E-state index contributed by atoms with van der Waals surface area (Å²) in [5, 5.41) is 4.07. The van der Waals surface area contributed by atoms with E-state index in [4.69, 9.17) is 4.74 Å². The van der Waals surface area contributed by atoms with Gasteiger partial charge in [0.25, 0.3) is 5.56 Å². The molecule has 3 heterocycles. The molecule has 3 aromatic rings. The molecule has 8 nitrogen and oxygen atoms in total. The van der Waals surface area contributed by atoms with Gasteiger partial charge in [-0.25, -0.2) is 4.98 Å². The Balaban J connectivity index is 1.56. The second-order valence-electron chi connectivity index (χ2n) is 7.78. The van der Waals surface area contributed by atoms with E-state index in [1.54, 1.807) is 30.0 Å². The summed E-state index contributed by atoms with van der Waals surface area (Å²) >= 11 is 0. The molecule has 0 spiro atoms. The van der Waals surface area contributed by atoms with Crippen molar-refractivity contribution in [2.24, 2.45) is 0 Å². The van der Waals surface area contributed by atoms with Crippen molar-refractivity contribution in [2.75, 3.05) is 57.2 Å². The fraction of sp³-hybridized carbons (Fsp3) is 0.409. The zero-order valence-electron chi connectivity index (χ0n) is 17.7. The zero-order valence-corrected chi connectivity index (χ0v) is 17.7. The van der Waals surface area contributed by atoms with Crippen LogP contribution in [-0.2, 0) is 4.74 Å². The number of ether oxygens (including phenoxy) is 1. The molecule has 0 bridgehead atoms. The highest BCUT2D eigenvalue weighted by atomic mass is 16.5. The summed E-state index contributed by atoms with van der Waals surface area (Å²) in [6.07, 6.45) is 1.73. The van der Waals surface area contributed by atoms with E-state index in [2.05, 4.69) is 44.3 Å². The van der Waals surface area contributed by atoms with E-state index in [1.165, 1.54) is 5.69 Å². The number of piperazine rings is 1. The number of fused-ring (bicyclic) bond motifs is 1. The van der Waals surface area contributed by atoms with Gasteiger partial charge in [0.15, 0.2) is 0 Å². The second kappa shape index (κ2) is 8.81. The number of aromatic nitrogens is 3. The molecule has 1 unspecified atom stereocenters. The van der Waals surface area contributed by atoms with Gasteiger partial charge in [-0.15, -0.1) is 0 Å². The first-order chi connectivity index (χ1) is 14.5. The lowest BCUT2D eigenvalue weighted by atomic mass is 10.2. The third kappa shape index (κ3) is 4.29. The number of nitrogens with zero attached hydrogens (tertiary/aromatic N) is 5. The number of likely N-dealkylation sites (N-methyl/N-ethyl adjacent to an activating group) is 1. The van der Waals surface area contributed by atoms with E-state index in [-0.39, 0.29) is 11.6 Å². The van der Waals surface area contributed by atoms with Gasteiger partial charge >= 0.3 is 0 Å². The third-order valence-electron chi connectivity index (χ3n) is 5.51. The molecule has 4 rings (SSSR count). The minimum Gasteiger partial charge on any atom is -0.383 e. The van der Waals surface area contributed by atoms with E-state index in [0.717, 1.165) is 37.3 Å². The molecule has 1 aliphatic rings. The van der Waals surface area contributed by atoms with Gasteiger partial charge in [-0.3, -0.25) is 9.36 Å². The average molecular weight is 409 g/mol. The Morgan fingerprint density at radius 1 is 1.10 bits per heavy atom. The number of benzene rings is 1. The molecule has 8 heteroatoms. The van der Waals surface area contributed by atoms with Gasteiger partial charge in [0.05, 0.1) is 12.6 Å². The van der Waals surface area contributed by atoms with Crippen molar-refractivity contribution in [1.82, 2.24) is 19.4 Å². The van der Waals surface area contributed by atoms with Gasteiger partial charge in [0.2, 0.25) is 5.95 Å². The van der Waals surface area contributed by atoms with Crippen LogP contribution in [0.3, 0.4) is 0 Å². The lowest BCUT2D eigenvalue weighted by Gasteiger charge is -2.34. The lowest BCUT2D eigenvalue weighted by Crippen LogP contribution is -2.44. The topological polar surface area (TPSA) is 75.5 Å². The molecule has 1 saturated heterocycles. The number of hydrogen-bond donors (Lipinski definition) is 1. The zero-order chi connectivity index (χ0) is 21.1. The highest BCUT2D eigenvalue weighted by Gasteiger charge is 2.15. The van der Waals surface area contributed by atoms with Crippen LogP contribution < -0.4 is 15.8 Å². The Morgan fingerprint density at radius 2 is 1.83 bits per heavy atom. The molecule has 1 atom stereocenters. The molecule has 30 heavy (non-hydrogen) atoms. The van der Waals surface area contributed by atoms with Crippen LogP contribution >= 0.6 is 0 Å². The maximum absolute atomic E-state index is 12.4. The third-order valence-corrected chi connectivity index (χ3v) is 5.51. The first-order valence-corrected chi connectivity index (χ1v) is 10.2. The summed E-state index contributed by atoms with van der Waals surface area (Å²) < 4.78 is 6.88. The number of nitrogens with one attached hydrogen (secondary N) is 1. The van der Waals surface area contributed by atoms with Crippen molar-refractivity contribution in [2.45, 2.75) is 13.0 Å². The van der Waals surface area contributed by atoms with Crippen LogP contribution in [0.25, 0.3) is 11.0 Å². The van der Waals surface area contributed by atoms with Crippen molar-refractivity contribution in [3.8, 4) is 0 Å². The first-order valence-electron chi connectivity index (χ1n) is 10.2. The van der Waals surface area contributed by atoms with Crippen molar-refractivity contribution in [3.05, 3.63) is 52.9 Å². The van der Waals surface area contributed by atoms with E-state index in [9.17, 15) is 4.79 Å². The molecular weight excluding hydrogens is 380 g/mol. The Morgan fingerprint density at radius 3 is 2.53 bits per heavy atom. The monoisotopic (exact) mass is 408 g/mol. The van der Waals surface area contributed by atoms with Crippen LogP contribution in [0.4, 0.5) is 17.3 Å². The van der Waals surface area contributed by atoms with Crippen LogP contribution in [0.2, 0.25) is 0 Å². The molecule has 0 saturated carbocycles. The van der Waals surface area contributed by atoms with Gasteiger partial charge in [-0.2, -0.15) is 4.98 Å². The summed E-state index contributed by atoms with van der Waals surface area (Å²) in [5.74, 6) is 0.457. The average Bonchev–Trinajstić information content (AvgIpc) is 2.75. The fourth-order valence-electron chi connectivity index (χ4n) is 3.79. The first kappa shape index (κ1) is 20.3. The summed E-state index contributed by atoms with van der Waals surface area (Å²) in [4.78, 5) is 26.2. The Labute approximate surface area is 176 Å². The lowest BCUT2D eigenvalue weighted by molar-refractivity contribution is 0.162. The standard InChI is InChI=1S/C22H28N6O2/c1-16(15-30-3)28-20(29)9-4-17-14-23-22(25-21(17)28)24-18-5-7-19(8-6-18)27-12-10-26(2)11-13-27/h4-9,14,16H,10-13,15H2,1-3H3,(H,23,24,25). The number of rotatable bonds is 6. The van der Waals surface area contributed by atoms with Gasteiger partial charge < -0.3 is 19.9 Å². The molecular formula is C22H28N6O2.